The molecule has 2 fully saturated rings. The molecule has 2 amide bonds. The van der Waals surface area contributed by atoms with Crippen LogP contribution in [0.4, 0.5) is 0 Å². The van der Waals surface area contributed by atoms with Crippen LogP contribution in [0.1, 0.15) is 18.5 Å². The first-order valence-electron chi connectivity index (χ1n) is 9.58. The predicted octanol–water partition coefficient (Wildman–Crippen LogP) is 0.368. The van der Waals surface area contributed by atoms with Gasteiger partial charge in [-0.3, -0.25) is 9.59 Å². The molecule has 0 unspecified atom stereocenters. The number of carbonyl (C=O) groups is 2. The molecule has 0 spiro atoms. The lowest BCUT2D eigenvalue weighted by Crippen LogP contribution is -2.39. The number of carbonyl (C=O) groups excluding carboxylic acids is 2. The molecular weight excluding hydrogens is 360 g/mol. The molecule has 0 N–H and O–H groups in total. The first-order valence-corrected chi connectivity index (χ1v) is 9.58. The summed E-state index contributed by atoms with van der Waals surface area (Å²) < 4.78 is 6.79. The Labute approximate surface area is 163 Å². The Morgan fingerprint density at radius 2 is 1.96 bits per heavy atom. The van der Waals surface area contributed by atoms with Crippen molar-refractivity contribution in [3.05, 3.63) is 42.2 Å². The highest BCUT2D eigenvalue weighted by atomic mass is 16.5. The molecule has 0 saturated carbocycles. The van der Waals surface area contributed by atoms with Gasteiger partial charge in [-0.05, 0) is 22.9 Å². The van der Waals surface area contributed by atoms with Crippen LogP contribution >= 0.6 is 0 Å². The zero-order valence-electron chi connectivity index (χ0n) is 15.8. The number of aromatic nitrogens is 4. The van der Waals surface area contributed by atoms with Gasteiger partial charge in [-0.15, -0.1) is 5.10 Å². The molecule has 28 heavy (non-hydrogen) atoms. The standard InChI is InChI=1S/C19H24N6O3/c1-2-28-12-18(27)25-9-15-8-23(17(26)11-24-13-20-21-22-24)10-16(15)19(25)14-6-4-3-5-7-14/h3-7,13,15-16,19H,2,8-12H2,1H3/t15-,16-,19-/m0/s1. The number of hydrogen-bond donors (Lipinski definition) is 0. The normalized spacial score (nSPS) is 23.8. The number of likely N-dealkylation sites (tertiary alicyclic amines) is 2. The first kappa shape index (κ1) is 18.5. The number of tetrazole rings is 1. The van der Waals surface area contributed by atoms with Crippen molar-refractivity contribution >= 4 is 11.8 Å². The summed E-state index contributed by atoms with van der Waals surface area (Å²) in [5, 5.41) is 10.9. The molecule has 9 nitrogen and oxygen atoms in total. The van der Waals surface area contributed by atoms with E-state index >= 15 is 0 Å². The number of fused-ring (bicyclic) bond motifs is 1. The Hall–Kier alpha value is -2.81. The highest BCUT2D eigenvalue weighted by Gasteiger charge is 2.49. The van der Waals surface area contributed by atoms with Crippen molar-refractivity contribution in [3.63, 3.8) is 0 Å². The summed E-state index contributed by atoms with van der Waals surface area (Å²) in [6.07, 6.45) is 1.44. The van der Waals surface area contributed by atoms with E-state index < -0.39 is 0 Å². The third-order valence-electron chi connectivity index (χ3n) is 5.60. The topological polar surface area (TPSA) is 93.5 Å². The van der Waals surface area contributed by atoms with Crippen molar-refractivity contribution in [3.8, 4) is 0 Å². The summed E-state index contributed by atoms with van der Waals surface area (Å²) in [6.45, 7) is 4.55. The lowest BCUT2D eigenvalue weighted by molar-refractivity contribution is -0.137. The van der Waals surface area contributed by atoms with Crippen LogP contribution < -0.4 is 0 Å². The maximum atomic E-state index is 12.7. The molecule has 1 aromatic carbocycles. The van der Waals surface area contributed by atoms with Crippen LogP contribution in [0.3, 0.4) is 0 Å². The van der Waals surface area contributed by atoms with Gasteiger partial charge in [0.1, 0.15) is 19.5 Å². The predicted molar refractivity (Wildman–Crippen MR) is 98.8 cm³/mol. The number of rotatable bonds is 6. The van der Waals surface area contributed by atoms with Crippen molar-refractivity contribution in [1.82, 2.24) is 30.0 Å². The maximum absolute atomic E-state index is 12.7. The van der Waals surface area contributed by atoms with Gasteiger partial charge in [0.15, 0.2) is 0 Å². The molecule has 0 bridgehead atoms. The molecular formula is C19H24N6O3. The quantitative estimate of drug-likeness (QED) is 0.714. The summed E-state index contributed by atoms with van der Waals surface area (Å²) in [6, 6.07) is 10.0. The van der Waals surface area contributed by atoms with Crippen molar-refractivity contribution < 1.29 is 14.3 Å². The van der Waals surface area contributed by atoms with Gasteiger partial charge in [-0.25, -0.2) is 4.68 Å². The third kappa shape index (κ3) is 3.62. The number of ether oxygens (including phenoxy) is 1. The zero-order valence-corrected chi connectivity index (χ0v) is 15.8. The van der Waals surface area contributed by atoms with Gasteiger partial charge in [-0.2, -0.15) is 0 Å². The SMILES string of the molecule is CCOCC(=O)N1C[C@@H]2CN(C(=O)Cn3cnnn3)C[C@@H]2[C@@H]1c1ccccc1. The molecule has 9 heteroatoms. The highest BCUT2D eigenvalue weighted by molar-refractivity contribution is 5.79. The molecule has 0 aliphatic carbocycles. The summed E-state index contributed by atoms with van der Waals surface area (Å²) in [5.74, 6) is 0.483. The molecule has 3 atom stereocenters. The first-order chi connectivity index (χ1) is 13.7. The van der Waals surface area contributed by atoms with Gasteiger partial charge >= 0.3 is 0 Å². The lowest BCUT2D eigenvalue weighted by atomic mass is 9.89. The van der Waals surface area contributed by atoms with E-state index in [4.69, 9.17) is 4.74 Å². The Balaban J connectivity index is 1.51. The van der Waals surface area contributed by atoms with E-state index in [9.17, 15) is 9.59 Å². The second kappa shape index (κ2) is 8.05. The minimum Gasteiger partial charge on any atom is -0.372 e. The van der Waals surface area contributed by atoms with Crippen LogP contribution in [0.15, 0.2) is 36.7 Å². The number of nitrogens with zero attached hydrogens (tertiary/aromatic N) is 6. The van der Waals surface area contributed by atoms with E-state index in [1.54, 1.807) is 0 Å². The van der Waals surface area contributed by atoms with Crippen LogP contribution in [0.5, 0.6) is 0 Å². The highest BCUT2D eigenvalue weighted by Crippen LogP contribution is 2.45. The van der Waals surface area contributed by atoms with Gasteiger partial charge in [-0.1, -0.05) is 30.3 Å². The van der Waals surface area contributed by atoms with E-state index in [0.29, 0.717) is 26.2 Å². The molecule has 2 saturated heterocycles. The smallest absolute Gasteiger partial charge is 0.249 e. The third-order valence-corrected chi connectivity index (χ3v) is 5.60. The van der Waals surface area contributed by atoms with E-state index in [1.807, 2.05) is 34.9 Å². The summed E-state index contributed by atoms with van der Waals surface area (Å²) in [4.78, 5) is 29.2. The van der Waals surface area contributed by atoms with Gasteiger partial charge in [0, 0.05) is 38.1 Å². The number of amides is 2. The molecule has 2 aromatic rings. The Morgan fingerprint density at radius 3 is 2.68 bits per heavy atom. The van der Waals surface area contributed by atoms with Crippen LogP contribution in [0, 0.1) is 11.8 Å². The van der Waals surface area contributed by atoms with E-state index in [1.165, 1.54) is 11.0 Å². The molecule has 0 radical (unpaired) electrons. The lowest BCUT2D eigenvalue weighted by Gasteiger charge is -2.30. The molecule has 1 aromatic heterocycles. The van der Waals surface area contributed by atoms with Crippen molar-refractivity contribution in [2.45, 2.75) is 19.5 Å². The second-order valence-corrected chi connectivity index (χ2v) is 7.27. The van der Waals surface area contributed by atoms with Gasteiger partial charge in [0.05, 0.1) is 6.04 Å². The Morgan fingerprint density at radius 1 is 1.14 bits per heavy atom. The molecule has 4 rings (SSSR count). The fourth-order valence-corrected chi connectivity index (χ4v) is 4.35. The maximum Gasteiger partial charge on any atom is 0.249 e. The summed E-state index contributed by atoms with van der Waals surface area (Å²) in [5.41, 5.74) is 1.11. The van der Waals surface area contributed by atoms with E-state index in [2.05, 4.69) is 27.7 Å². The van der Waals surface area contributed by atoms with Gasteiger partial charge < -0.3 is 14.5 Å². The minimum absolute atomic E-state index is 0.000652. The molecule has 3 heterocycles. The monoisotopic (exact) mass is 384 g/mol. The Bertz CT molecular complexity index is 812. The van der Waals surface area contributed by atoms with E-state index in [-0.39, 0.29) is 42.8 Å². The van der Waals surface area contributed by atoms with Crippen LogP contribution in [-0.4, -0.2) is 74.7 Å². The summed E-state index contributed by atoms with van der Waals surface area (Å²) in [7, 11) is 0. The van der Waals surface area contributed by atoms with Crippen molar-refractivity contribution in [2.24, 2.45) is 11.8 Å². The second-order valence-electron chi connectivity index (χ2n) is 7.27. The average Bonchev–Trinajstić information content (AvgIpc) is 3.42. The van der Waals surface area contributed by atoms with Crippen molar-refractivity contribution in [2.75, 3.05) is 32.8 Å². The average molecular weight is 384 g/mol. The Kier molecular flexibility index (Phi) is 5.34. The molecule has 2 aliphatic heterocycles. The fraction of sp³-hybridized carbons (Fsp3) is 0.526. The number of hydrogen-bond acceptors (Lipinski definition) is 6. The summed E-state index contributed by atoms with van der Waals surface area (Å²) >= 11 is 0. The van der Waals surface area contributed by atoms with Gasteiger partial charge in [0.2, 0.25) is 11.8 Å². The minimum atomic E-state index is -0.0370. The van der Waals surface area contributed by atoms with Crippen LogP contribution in [-0.2, 0) is 20.9 Å². The van der Waals surface area contributed by atoms with Crippen LogP contribution in [0.25, 0.3) is 0 Å². The number of benzene rings is 1. The van der Waals surface area contributed by atoms with Gasteiger partial charge in [0.25, 0.3) is 0 Å². The zero-order chi connectivity index (χ0) is 19.5. The molecule has 148 valence electrons. The largest absolute Gasteiger partial charge is 0.372 e. The van der Waals surface area contributed by atoms with E-state index in [0.717, 1.165) is 5.56 Å². The fourth-order valence-electron chi connectivity index (χ4n) is 4.35. The van der Waals surface area contributed by atoms with Crippen molar-refractivity contribution in [1.29, 1.82) is 0 Å². The molecule has 2 aliphatic rings. The van der Waals surface area contributed by atoms with Crippen LogP contribution in [0.2, 0.25) is 0 Å².